The molecule has 2 aliphatic rings. The summed E-state index contributed by atoms with van der Waals surface area (Å²) >= 11 is 1.92. The number of rotatable bonds is 4. The molecule has 138 valence electrons. The molecule has 0 aromatic carbocycles. The van der Waals surface area contributed by atoms with E-state index >= 15 is 0 Å². The lowest BCUT2D eigenvalue weighted by Gasteiger charge is -2.26. The molecule has 0 aliphatic carbocycles. The first kappa shape index (κ1) is 16.9. The van der Waals surface area contributed by atoms with Crippen molar-refractivity contribution in [2.75, 3.05) is 24.5 Å². The van der Waals surface area contributed by atoms with Gasteiger partial charge in [0.05, 0.1) is 11.4 Å². The van der Waals surface area contributed by atoms with Crippen LogP contribution in [0.25, 0.3) is 0 Å². The second kappa shape index (κ2) is 6.73. The maximum atomic E-state index is 4.85. The Kier molecular flexibility index (Phi) is 4.21. The zero-order chi connectivity index (χ0) is 18.3. The highest BCUT2D eigenvalue weighted by Crippen LogP contribution is 2.45. The molecule has 0 bridgehead atoms. The molecule has 1 saturated heterocycles. The van der Waals surface area contributed by atoms with Crippen molar-refractivity contribution >= 4 is 17.0 Å². The quantitative estimate of drug-likeness (QED) is 0.689. The minimum atomic E-state index is 0.158. The van der Waals surface area contributed by atoms with E-state index in [1.54, 1.807) is 0 Å². The van der Waals surface area contributed by atoms with E-state index in [9.17, 15) is 0 Å². The Balaban J connectivity index is 1.38. The van der Waals surface area contributed by atoms with Gasteiger partial charge in [-0.25, -0.2) is 0 Å². The van der Waals surface area contributed by atoms with Crippen molar-refractivity contribution in [2.45, 2.75) is 31.8 Å². The van der Waals surface area contributed by atoms with Crippen LogP contribution in [0.2, 0.25) is 0 Å². The van der Waals surface area contributed by atoms with Crippen LogP contribution >= 0.6 is 11.3 Å². The summed E-state index contributed by atoms with van der Waals surface area (Å²) in [6.45, 7) is 7.44. The third-order valence-electron chi connectivity index (χ3n) is 5.83. The third-order valence-corrected chi connectivity index (χ3v) is 6.81. The fourth-order valence-corrected chi connectivity index (χ4v) is 5.58. The van der Waals surface area contributed by atoms with Gasteiger partial charge < -0.3 is 4.90 Å². The summed E-state index contributed by atoms with van der Waals surface area (Å²) in [5.41, 5.74) is 4.01. The number of aromatic nitrogens is 2. The molecule has 1 atom stereocenters. The molecule has 5 rings (SSSR count). The van der Waals surface area contributed by atoms with Crippen LogP contribution < -0.4 is 4.90 Å². The van der Waals surface area contributed by atoms with Gasteiger partial charge in [0, 0.05) is 59.9 Å². The Morgan fingerprint density at radius 3 is 2.81 bits per heavy atom. The fraction of sp³-hybridized carbons (Fsp3) is 0.364. The lowest BCUT2D eigenvalue weighted by atomic mass is 9.85. The molecule has 0 unspecified atom stereocenters. The van der Waals surface area contributed by atoms with Crippen LogP contribution in [0.4, 0.5) is 5.69 Å². The van der Waals surface area contributed by atoms with Gasteiger partial charge in [0.1, 0.15) is 0 Å². The van der Waals surface area contributed by atoms with Crippen molar-refractivity contribution in [2.24, 2.45) is 0 Å². The van der Waals surface area contributed by atoms with E-state index < -0.39 is 0 Å². The smallest absolute Gasteiger partial charge is 0.0729 e. The van der Waals surface area contributed by atoms with Gasteiger partial charge in [-0.05, 0) is 55.8 Å². The minimum Gasteiger partial charge on any atom is -0.365 e. The average molecular weight is 377 g/mol. The number of fused-ring (bicyclic) bond motifs is 2. The van der Waals surface area contributed by atoms with Crippen LogP contribution in [0.1, 0.15) is 27.4 Å². The largest absolute Gasteiger partial charge is 0.365 e. The lowest BCUT2D eigenvalue weighted by Crippen LogP contribution is -2.36. The van der Waals surface area contributed by atoms with E-state index in [2.05, 4.69) is 52.0 Å². The van der Waals surface area contributed by atoms with Gasteiger partial charge in [0.25, 0.3) is 0 Å². The first-order valence-corrected chi connectivity index (χ1v) is 10.4. The van der Waals surface area contributed by atoms with Crippen molar-refractivity contribution in [3.63, 3.8) is 0 Å². The summed E-state index contributed by atoms with van der Waals surface area (Å²) in [6.07, 6.45) is 6.96. The summed E-state index contributed by atoms with van der Waals surface area (Å²) in [5, 5.41) is 0. The Morgan fingerprint density at radius 2 is 2.00 bits per heavy atom. The minimum absolute atomic E-state index is 0.158. The van der Waals surface area contributed by atoms with Gasteiger partial charge in [-0.2, -0.15) is 0 Å². The maximum Gasteiger partial charge on any atom is 0.0729 e. The number of thiophene rings is 1. The number of hydrogen-bond acceptors (Lipinski definition) is 5. The number of anilines is 1. The first-order chi connectivity index (χ1) is 13.2. The summed E-state index contributed by atoms with van der Waals surface area (Å²) in [6, 6.07) is 13.0. The second-order valence-electron chi connectivity index (χ2n) is 7.84. The van der Waals surface area contributed by atoms with Crippen molar-refractivity contribution < 1.29 is 0 Å². The van der Waals surface area contributed by atoms with E-state index in [1.165, 1.54) is 33.1 Å². The Morgan fingerprint density at radius 1 is 1.07 bits per heavy atom. The molecule has 1 spiro atoms. The highest BCUT2D eigenvalue weighted by Gasteiger charge is 2.48. The molecule has 3 aromatic heterocycles. The molecule has 27 heavy (non-hydrogen) atoms. The monoisotopic (exact) mass is 376 g/mol. The predicted molar refractivity (Wildman–Crippen MR) is 110 cm³/mol. The molecule has 1 fully saturated rings. The first-order valence-electron chi connectivity index (χ1n) is 9.59. The van der Waals surface area contributed by atoms with Crippen LogP contribution in [0.15, 0.2) is 55.0 Å². The third kappa shape index (κ3) is 3.15. The van der Waals surface area contributed by atoms with Crippen LogP contribution in [0.5, 0.6) is 0 Å². The molecule has 0 radical (unpaired) electrons. The topological polar surface area (TPSA) is 32.3 Å². The van der Waals surface area contributed by atoms with Crippen LogP contribution in [-0.4, -0.2) is 34.5 Å². The predicted octanol–water partition coefficient (Wildman–Crippen LogP) is 4.01. The van der Waals surface area contributed by atoms with Crippen LogP contribution in [0.3, 0.4) is 0 Å². The molecule has 3 aromatic rings. The highest BCUT2D eigenvalue weighted by atomic mass is 32.1. The van der Waals surface area contributed by atoms with Crippen molar-refractivity contribution in [3.8, 4) is 0 Å². The Bertz CT molecular complexity index is 938. The summed E-state index contributed by atoms with van der Waals surface area (Å²) in [5.74, 6) is 0. The highest BCUT2D eigenvalue weighted by molar-refractivity contribution is 7.11. The molecule has 0 amide bonds. The average Bonchev–Trinajstić information content (AvgIpc) is 3.36. The standard InChI is InChI=1S/C22H24N4S/c1-17-6-7-19(27-17)14-25-11-8-22(15-25)16-26(13-18-4-2-9-23-12-18)20-5-3-10-24-21(20)22/h2-7,9-10,12H,8,11,13-16H2,1H3/t22-/m1/s1. The molecule has 2 aliphatic heterocycles. The number of nitrogens with zero attached hydrogens (tertiary/aromatic N) is 4. The summed E-state index contributed by atoms with van der Waals surface area (Å²) in [4.78, 5) is 17.1. The molecular weight excluding hydrogens is 352 g/mol. The van der Waals surface area contributed by atoms with E-state index in [4.69, 9.17) is 4.98 Å². The molecule has 0 saturated carbocycles. The fourth-order valence-electron chi connectivity index (χ4n) is 4.65. The summed E-state index contributed by atoms with van der Waals surface area (Å²) < 4.78 is 0. The van der Waals surface area contributed by atoms with E-state index in [1.807, 2.05) is 36.0 Å². The van der Waals surface area contributed by atoms with E-state index in [0.717, 1.165) is 32.7 Å². The maximum absolute atomic E-state index is 4.85. The van der Waals surface area contributed by atoms with E-state index in [-0.39, 0.29) is 5.41 Å². The van der Waals surface area contributed by atoms with Gasteiger partial charge in [-0.1, -0.05) is 6.07 Å². The molecule has 0 N–H and O–H groups in total. The molecule has 5 heterocycles. The lowest BCUT2D eigenvalue weighted by molar-refractivity contribution is 0.307. The SMILES string of the molecule is Cc1ccc(CN2CC[C@@]3(C2)CN(Cc2cccnc2)c2cccnc23)s1. The van der Waals surface area contributed by atoms with Gasteiger partial charge in [0.15, 0.2) is 0 Å². The molecule has 5 heteroatoms. The van der Waals surface area contributed by atoms with Crippen molar-refractivity contribution in [3.05, 3.63) is 76.0 Å². The van der Waals surface area contributed by atoms with Gasteiger partial charge in [-0.15, -0.1) is 11.3 Å². The second-order valence-corrected chi connectivity index (χ2v) is 9.21. The van der Waals surface area contributed by atoms with Crippen molar-refractivity contribution in [1.29, 1.82) is 0 Å². The Labute approximate surface area is 164 Å². The Hall–Kier alpha value is -2.24. The molecule has 4 nitrogen and oxygen atoms in total. The summed E-state index contributed by atoms with van der Waals surface area (Å²) in [7, 11) is 0. The zero-order valence-electron chi connectivity index (χ0n) is 15.6. The number of aryl methyl sites for hydroxylation is 1. The van der Waals surface area contributed by atoms with E-state index in [0.29, 0.717) is 0 Å². The molecular formula is C22H24N4S. The van der Waals surface area contributed by atoms with Crippen molar-refractivity contribution in [1.82, 2.24) is 14.9 Å². The van der Waals surface area contributed by atoms with Gasteiger partial charge in [0.2, 0.25) is 0 Å². The van der Waals surface area contributed by atoms with Crippen LogP contribution in [-0.2, 0) is 18.5 Å². The normalized spacial score (nSPS) is 21.9. The van der Waals surface area contributed by atoms with Gasteiger partial charge in [-0.3, -0.25) is 14.9 Å². The van der Waals surface area contributed by atoms with Crippen LogP contribution in [0, 0.1) is 6.92 Å². The van der Waals surface area contributed by atoms with Gasteiger partial charge >= 0.3 is 0 Å². The number of hydrogen-bond donors (Lipinski definition) is 0. The zero-order valence-corrected chi connectivity index (χ0v) is 16.5. The number of pyridine rings is 2. The number of likely N-dealkylation sites (tertiary alicyclic amines) is 1.